The van der Waals surface area contributed by atoms with Gasteiger partial charge >= 0.3 is 0 Å². The summed E-state index contributed by atoms with van der Waals surface area (Å²) in [5.41, 5.74) is 9.93. The van der Waals surface area contributed by atoms with Crippen LogP contribution in [0.2, 0.25) is 5.02 Å². The van der Waals surface area contributed by atoms with Crippen molar-refractivity contribution in [2.24, 2.45) is 17.6 Å². The molecular formula is C21H24ClNO. The SMILES string of the molecule is CC(C)C(C(=O)C[C@H]1Cc2ccccc2[C@@H]1N)c1ccc(Cl)cc1. The maximum Gasteiger partial charge on any atom is 0.140 e. The molecule has 1 aliphatic carbocycles. The summed E-state index contributed by atoms with van der Waals surface area (Å²) in [7, 11) is 0. The van der Waals surface area contributed by atoms with Crippen LogP contribution < -0.4 is 5.73 Å². The minimum atomic E-state index is -0.0989. The van der Waals surface area contributed by atoms with Gasteiger partial charge in [-0.3, -0.25) is 4.79 Å². The molecule has 3 heteroatoms. The minimum Gasteiger partial charge on any atom is -0.324 e. The number of nitrogens with two attached hydrogens (primary N) is 1. The molecular weight excluding hydrogens is 318 g/mol. The third kappa shape index (κ3) is 3.40. The van der Waals surface area contributed by atoms with Crippen LogP contribution in [-0.4, -0.2) is 5.78 Å². The third-order valence-electron chi connectivity index (χ3n) is 5.11. The lowest BCUT2D eigenvalue weighted by Crippen LogP contribution is -2.25. The molecule has 1 unspecified atom stereocenters. The molecule has 2 nitrogen and oxygen atoms in total. The molecule has 2 N–H and O–H groups in total. The van der Waals surface area contributed by atoms with Gasteiger partial charge in [0.2, 0.25) is 0 Å². The molecule has 0 amide bonds. The molecule has 1 aliphatic rings. The summed E-state index contributed by atoms with van der Waals surface area (Å²) in [6.07, 6.45) is 1.43. The summed E-state index contributed by atoms with van der Waals surface area (Å²) in [5.74, 6) is 0.626. The van der Waals surface area contributed by atoms with Crippen LogP contribution >= 0.6 is 11.6 Å². The number of carbonyl (C=O) groups excluding carboxylic acids is 1. The van der Waals surface area contributed by atoms with Crippen molar-refractivity contribution in [2.75, 3.05) is 0 Å². The number of rotatable bonds is 5. The van der Waals surface area contributed by atoms with Crippen molar-refractivity contribution in [3.63, 3.8) is 0 Å². The van der Waals surface area contributed by atoms with E-state index < -0.39 is 0 Å². The molecule has 0 saturated carbocycles. The summed E-state index contributed by atoms with van der Waals surface area (Å²) in [5, 5.41) is 0.696. The lowest BCUT2D eigenvalue weighted by molar-refractivity contribution is -0.122. The van der Waals surface area contributed by atoms with Gasteiger partial charge in [-0.1, -0.05) is 61.8 Å². The molecule has 0 radical (unpaired) electrons. The molecule has 0 aromatic heterocycles. The van der Waals surface area contributed by atoms with Gasteiger partial charge in [-0.15, -0.1) is 0 Å². The standard InChI is InChI=1S/C21H24ClNO/c1-13(2)20(14-7-9-17(22)10-8-14)19(24)12-16-11-15-5-3-4-6-18(15)21(16)23/h3-10,13,16,20-21H,11-12,23H2,1-2H3/t16-,20?,21-/m1/s1. The van der Waals surface area contributed by atoms with Gasteiger partial charge in [-0.2, -0.15) is 0 Å². The zero-order chi connectivity index (χ0) is 17.3. The largest absolute Gasteiger partial charge is 0.324 e. The van der Waals surface area contributed by atoms with Crippen molar-refractivity contribution in [3.8, 4) is 0 Å². The second-order valence-electron chi connectivity index (χ2n) is 7.13. The Morgan fingerprint density at radius 3 is 2.46 bits per heavy atom. The number of Topliss-reactive ketones (excluding diaryl/α,β-unsaturated/α-hetero) is 1. The first-order valence-electron chi connectivity index (χ1n) is 8.59. The fourth-order valence-corrected chi connectivity index (χ4v) is 4.03. The van der Waals surface area contributed by atoms with Crippen molar-refractivity contribution < 1.29 is 4.79 Å². The van der Waals surface area contributed by atoms with E-state index in [0.29, 0.717) is 11.4 Å². The van der Waals surface area contributed by atoms with Crippen molar-refractivity contribution in [2.45, 2.75) is 38.6 Å². The third-order valence-corrected chi connectivity index (χ3v) is 5.36. The fraction of sp³-hybridized carbons (Fsp3) is 0.381. The average molecular weight is 342 g/mol. The van der Waals surface area contributed by atoms with E-state index in [0.717, 1.165) is 12.0 Å². The monoisotopic (exact) mass is 341 g/mol. The molecule has 0 bridgehead atoms. The van der Waals surface area contributed by atoms with E-state index in [9.17, 15) is 4.79 Å². The van der Waals surface area contributed by atoms with Crippen LogP contribution in [0.15, 0.2) is 48.5 Å². The maximum atomic E-state index is 13.0. The molecule has 0 fully saturated rings. The second-order valence-corrected chi connectivity index (χ2v) is 7.57. The Morgan fingerprint density at radius 2 is 1.83 bits per heavy atom. The summed E-state index contributed by atoms with van der Waals surface area (Å²) in [6, 6.07) is 15.9. The quantitative estimate of drug-likeness (QED) is 0.839. The Labute approximate surface area is 149 Å². The molecule has 2 aromatic rings. The zero-order valence-electron chi connectivity index (χ0n) is 14.2. The molecule has 0 aliphatic heterocycles. The molecule has 0 spiro atoms. The van der Waals surface area contributed by atoms with Gasteiger partial charge in [0.1, 0.15) is 5.78 Å². The van der Waals surface area contributed by atoms with E-state index in [4.69, 9.17) is 17.3 Å². The highest BCUT2D eigenvalue weighted by Crippen LogP contribution is 2.38. The van der Waals surface area contributed by atoms with E-state index in [2.05, 4.69) is 26.0 Å². The molecule has 126 valence electrons. The van der Waals surface area contributed by atoms with Crippen molar-refractivity contribution in [1.82, 2.24) is 0 Å². The lowest BCUT2D eigenvalue weighted by atomic mass is 9.80. The zero-order valence-corrected chi connectivity index (χ0v) is 15.0. The van der Waals surface area contributed by atoms with E-state index in [1.807, 2.05) is 36.4 Å². The number of hydrogen-bond donors (Lipinski definition) is 1. The second kappa shape index (κ2) is 7.08. The van der Waals surface area contributed by atoms with Gasteiger partial charge in [0.25, 0.3) is 0 Å². The maximum absolute atomic E-state index is 13.0. The van der Waals surface area contributed by atoms with E-state index in [1.165, 1.54) is 11.1 Å². The van der Waals surface area contributed by atoms with Gasteiger partial charge < -0.3 is 5.73 Å². The molecule has 24 heavy (non-hydrogen) atoms. The first-order chi connectivity index (χ1) is 11.5. The van der Waals surface area contributed by atoms with Crippen LogP contribution in [0, 0.1) is 11.8 Å². The molecule has 0 saturated heterocycles. The van der Waals surface area contributed by atoms with Crippen LogP contribution in [0.5, 0.6) is 0 Å². The smallest absolute Gasteiger partial charge is 0.140 e. The average Bonchev–Trinajstić information content (AvgIpc) is 2.86. The van der Waals surface area contributed by atoms with Crippen molar-refractivity contribution >= 4 is 17.4 Å². The summed E-state index contributed by atoms with van der Waals surface area (Å²) in [4.78, 5) is 13.0. The first kappa shape index (κ1) is 17.2. The number of hydrogen-bond acceptors (Lipinski definition) is 2. The summed E-state index contributed by atoms with van der Waals surface area (Å²) in [6.45, 7) is 4.20. The highest BCUT2D eigenvalue weighted by atomic mass is 35.5. The number of halogens is 1. The van der Waals surface area contributed by atoms with E-state index in [-0.39, 0.29) is 29.6 Å². The Hall–Kier alpha value is -1.64. The number of fused-ring (bicyclic) bond motifs is 1. The van der Waals surface area contributed by atoms with Crippen molar-refractivity contribution in [3.05, 3.63) is 70.2 Å². The van der Waals surface area contributed by atoms with Gasteiger partial charge in [0.05, 0.1) is 0 Å². The Morgan fingerprint density at radius 1 is 1.17 bits per heavy atom. The van der Waals surface area contributed by atoms with Crippen LogP contribution in [0.3, 0.4) is 0 Å². The highest BCUT2D eigenvalue weighted by Gasteiger charge is 2.33. The van der Waals surface area contributed by atoms with Crippen LogP contribution in [0.1, 0.15) is 48.9 Å². The summed E-state index contributed by atoms with van der Waals surface area (Å²) >= 11 is 5.98. The van der Waals surface area contributed by atoms with Crippen LogP contribution in [-0.2, 0) is 11.2 Å². The van der Waals surface area contributed by atoms with Crippen molar-refractivity contribution in [1.29, 1.82) is 0 Å². The highest BCUT2D eigenvalue weighted by molar-refractivity contribution is 6.30. The first-order valence-corrected chi connectivity index (χ1v) is 8.96. The molecule has 2 aromatic carbocycles. The van der Waals surface area contributed by atoms with E-state index >= 15 is 0 Å². The number of ketones is 1. The van der Waals surface area contributed by atoms with E-state index in [1.54, 1.807) is 0 Å². The van der Waals surface area contributed by atoms with Gasteiger partial charge in [0, 0.05) is 23.4 Å². The summed E-state index contributed by atoms with van der Waals surface area (Å²) < 4.78 is 0. The Balaban J connectivity index is 1.77. The minimum absolute atomic E-state index is 0.0387. The Kier molecular flexibility index (Phi) is 5.07. The number of benzene rings is 2. The van der Waals surface area contributed by atoms with Crippen LogP contribution in [0.25, 0.3) is 0 Å². The van der Waals surface area contributed by atoms with Gasteiger partial charge in [-0.05, 0) is 47.1 Å². The number of carbonyl (C=O) groups is 1. The van der Waals surface area contributed by atoms with Gasteiger partial charge in [0.15, 0.2) is 0 Å². The molecule has 0 heterocycles. The fourth-order valence-electron chi connectivity index (χ4n) is 3.91. The van der Waals surface area contributed by atoms with Crippen LogP contribution in [0.4, 0.5) is 0 Å². The normalized spacial score (nSPS) is 20.9. The van der Waals surface area contributed by atoms with Gasteiger partial charge in [-0.25, -0.2) is 0 Å². The predicted molar refractivity (Wildman–Crippen MR) is 99.2 cm³/mol. The molecule has 3 atom stereocenters. The Bertz CT molecular complexity index is 723. The molecule has 3 rings (SSSR count). The predicted octanol–water partition coefficient (Wildman–Crippen LogP) is 4.91. The topological polar surface area (TPSA) is 43.1 Å². The lowest BCUT2D eigenvalue weighted by Gasteiger charge is -2.23.